The number of hydrazone groups is 1. The Bertz CT molecular complexity index is 999. The van der Waals surface area contributed by atoms with E-state index in [0.29, 0.717) is 16.4 Å². The van der Waals surface area contributed by atoms with E-state index in [9.17, 15) is 15.2 Å². The van der Waals surface area contributed by atoms with Crippen molar-refractivity contribution in [3.05, 3.63) is 63.5 Å². The number of nitro groups is 1. The summed E-state index contributed by atoms with van der Waals surface area (Å²) in [5.41, 5.74) is 5.56. The van der Waals surface area contributed by atoms with E-state index in [1.807, 2.05) is 5.38 Å². The van der Waals surface area contributed by atoms with E-state index in [1.165, 1.54) is 24.5 Å². The zero-order valence-electron chi connectivity index (χ0n) is 14.5. The monoisotopic (exact) mass is 384 g/mol. The Balaban J connectivity index is 1.77. The first-order chi connectivity index (χ1) is 13.0. The van der Waals surface area contributed by atoms with Gasteiger partial charge < -0.3 is 9.84 Å². The molecule has 0 unspecified atom stereocenters. The molecule has 0 fully saturated rings. The third kappa shape index (κ3) is 4.21. The molecule has 3 aromatic rings. The molecule has 0 saturated carbocycles. The second-order valence-corrected chi connectivity index (χ2v) is 6.40. The van der Waals surface area contributed by atoms with Gasteiger partial charge in [-0.1, -0.05) is 0 Å². The minimum absolute atomic E-state index is 0.117. The van der Waals surface area contributed by atoms with E-state index >= 15 is 0 Å². The normalized spacial score (nSPS) is 11.3. The van der Waals surface area contributed by atoms with Gasteiger partial charge in [0.25, 0.3) is 0 Å². The molecule has 0 aliphatic rings. The fraction of sp³-hybridized carbons (Fsp3) is 0.111. The summed E-state index contributed by atoms with van der Waals surface area (Å²) in [5.74, 6) is 0.393. The molecule has 8 nitrogen and oxygen atoms in total. The maximum absolute atomic E-state index is 11.1. The van der Waals surface area contributed by atoms with Crippen LogP contribution in [-0.2, 0) is 0 Å². The van der Waals surface area contributed by atoms with Crippen LogP contribution in [0.1, 0.15) is 12.5 Å². The number of ether oxygens (including phenoxy) is 1. The second-order valence-electron chi connectivity index (χ2n) is 5.54. The lowest BCUT2D eigenvalue weighted by Crippen LogP contribution is -2.02. The molecule has 9 heteroatoms. The number of nitrogens with one attached hydrogen (secondary N) is 1. The van der Waals surface area contributed by atoms with Crippen LogP contribution in [0.5, 0.6) is 11.5 Å². The average Bonchev–Trinajstić information content (AvgIpc) is 3.15. The van der Waals surface area contributed by atoms with Crippen molar-refractivity contribution in [2.45, 2.75) is 6.92 Å². The quantitative estimate of drug-likeness (QED) is 0.373. The van der Waals surface area contributed by atoms with Crippen LogP contribution in [0.15, 0.2) is 52.9 Å². The number of aromatic hydroxyl groups is 1. The molecule has 1 heterocycles. The Hall–Kier alpha value is -3.46. The van der Waals surface area contributed by atoms with Gasteiger partial charge in [-0.3, -0.25) is 15.5 Å². The molecule has 1 aromatic heterocycles. The van der Waals surface area contributed by atoms with Crippen molar-refractivity contribution in [2.24, 2.45) is 5.10 Å². The van der Waals surface area contributed by atoms with Crippen molar-refractivity contribution >= 4 is 27.9 Å². The zero-order chi connectivity index (χ0) is 19.4. The van der Waals surface area contributed by atoms with Crippen molar-refractivity contribution in [1.29, 1.82) is 0 Å². The largest absolute Gasteiger partial charge is 0.508 e. The number of thiazole rings is 1. The van der Waals surface area contributed by atoms with E-state index in [0.717, 1.165) is 11.3 Å². The molecular weight excluding hydrogens is 368 g/mol. The lowest BCUT2D eigenvalue weighted by atomic mass is 10.1. The maximum atomic E-state index is 11.1. The zero-order valence-corrected chi connectivity index (χ0v) is 15.4. The van der Waals surface area contributed by atoms with Crippen LogP contribution in [0.25, 0.3) is 11.3 Å². The molecule has 138 valence electrons. The smallest absolute Gasteiger partial charge is 0.311 e. The minimum Gasteiger partial charge on any atom is -0.508 e. The number of benzene rings is 2. The van der Waals surface area contributed by atoms with Crippen LogP contribution in [0.2, 0.25) is 0 Å². The first kappa shape index (κ1) is 18.3. The van der Waals surface area contributed by atoms with Crippen LogP contribution in [0.3, 0.4) is 0 Å². The van der Waals surface area contributed by atoms with E-state index in [-0.39, 0.29) is 17.2 Å². The molecule has 0 radical (unpaired) electrons. The predicted molar refractivity (Wildman–Crippen MR) is 105 cm³/mol. The molecule has 2 N–H and O–H groups in total. The van der Waals surface area contributed by atoms with E-state index < -0.39 is 4.92 Å². The Morgan fingerprint density at radius 3 is 2.70 bits per heavy atom. The molecule has 0 aliphatic carbocycles. The van der Waals surface area contributed by atoms with Crippen LogP contribution < -0.4 is 10.2 Å². The number of hydrogen-bond acceptors (Lipinski definition) is 8. The van der Waals surface area contributed by atoms with Crippen molar-refractivity contribution < 1.29 is 14.8 Å². The number of phenols is 1. The molecule has 0 bridgehead atoms. The minimum atomic E-state index is -0.492. The summed E-state index contributed by atoms with van der Waals surface area (Å²) in [7, 11) is 1.39. The molecule has 2 aromatic carbocycles. The highest BCUT2D eigenvalue weighted by Crippen LogP contribution is 2.28. The summed E-state index contributed by atoms with van der Waals surface area (Å²) < 4.78 is 5.00. The summed E-state index contributed by atoms with van der Waals surface area (Å²) in [5, 5.41) is 27.2. The number of anilines is 1. The summed E-state index contributed by atoms with van der Waals surface area (Å²) in [6.07, 6.45) is 0. The highest BCUT2D eigenvalue weighted by molar-refractivity contribution is 7.14. The van der Waals surface area contributed by atoms with E-state index in [4.69, 9.17) is 4.74 Å². The molecule has 3 rings (SSSR count). The third-order valence-electron chi connectivity index (χ3n) is 3.78. The number of methoxy groups -OCH3 is 1. The molecule has 0 atom stereocenters. The highest BCUT2D eigenvalue weighted by Gasteiger charge is 2.16. The highest BCUT2D eigenvalue weighted by atomic mass is 32.1. The molecule has 0 amide bonds. The fourth-order valence-corrected chi connectivity index (χ4v) is 3.01. The van der Waals surface area contributed by atoms with Gasteiger partial charge in [-0.25, -0.2) is 4.98 Å². The summed E-state index contributed by atoms with van der Waals surface area (Å²) in [6.45, 7) is 1.74. The lowest BCUT2D eigenvalue weighted by Gasteiger charge is -2.05. The van der Waals surface area contributed by atoms with Gasteiger partial charge >= 0.3 is 5.69 Å². The number of nitrogens with zero attached hydrogens (tertiary/aromatic N) is 3. The molecule has 0 aliphatic heterocycles. The van der Waals surface area contributed by atoms with Crippen molar-refractivity contribution in [3.63, 3.8) is 0 Å². The fourth-order valence-electron chi connectivity index (χ4n) is 2.34. The number of phenolic OH excluding ortho intramolecular Hbond substituents is 1. The Morgan fingerprint density at radius 2 is 2.04 bits per heavy atom. The first-order valence-electron chi connectivity index (χ1n) is 7.86. The Kier molecular flexibility index (Phi) is 5.32. The van der Waals surface area contributed by atoms with Crippen LogP contribution in [0.4, 0.5) is 10.8 Å². The summed E-state index contributed by atoms with van der Waals surface area (Å²) >= 11 is 1.38. The van der Waals surface area contributed by atoms with Gasteiger partial charge in [-0.2, -0.15) is 5.10 Å². The van der Waals surface area contributed by atoms with E-state index in [2.05, 4.69) is 15.5 Å². The summed E-state index contributed by atoms with van der Waals surface area (Å²) in [4.78, 5) is 15.1. The topological polar surface area (TPSA) is 110 Å². The first-order valence-corrected chi connectivity index (χ1v) is 8.74. The Labute approximate surface area is 158 Å². The van der Waals surface area contributed by atoms with Gasteiger partial charge in [0, 0.05) is 22.6 Å². The van der Waals surface area contributed by atoms with Crippen LogP contribution in [0, 0.1) is 10.1 Å². The second kappa shape index (κ2) is 7.83. The van der Waals surface area contributed by atoms with Crippen LogP contribution >= 0.6 is 11.3 Å². The number of aromatic nitrogens is 1. The molecule has 27 heavy (non-hydrogen) atoms. The van der Waals surface area contributed by atoms with Gasteiger partial charge in [0.2, 0.25) is 5.13 Å². The SMILES string of the molecule is COc1ccc(/C(C)=N/Nc2nc(-c3ccc(O)cc3)cs2)cc1[N+](=O)[O-]. The average molecular weight is 384 g/mol. The molecular formula is C18H16N4O4S. The third-order valence-corrected chi connectivity index (χ3v) is 4.53. The maximum Gasteiger partial charge on any atom is 0.311 e. The van der Waals surface area contributed by atoms with Gasteiger partial charge in [-0.05, 0) is 43.3 Å². The number of nitro benzene ring substituents is 1. The standard InChI is InChI=1S/C18H16N4O4S/c1-11(13-5-8-17(26-2)16(9-13)22(24)25)20-21-18-19-15(10-27-18)12-3-6-14(23)7-4-12/h3-10,23H,1-2H3,(H,19,21)/b20-11+. The Morgan fingerprint density at radius 1 is 1.30 bits per heavy atom. The van der Waals surface area contributed by atoms with Crippen molar-refractivity contribution in [3.8, 4) is 22.8 Å². The number of rotatable bonds is 6. The van der Waals surface area contributed by atoms with Gasteiger partial charge in [-0.15, -0.1) is 11.3 Å². The number of hydrogen-bond donors (Lipinski definition) is 2. The van der Waals surface area contributed by atoms with Gasteiger partial charge in [0.05, 0.1) is 23.4 Å². The van der Waals surface area contributed by atoms with Gasteiger partial charge in [0.15, 0.2) is 5.75 Å². The summed E-state index contributed by atoms with van der Waals surface area (Å²) in [6, 6.07) is 11.4. The van der Waals surface area contributed by atoms with Crippen molar-refractivity contribution in [1.82, 2.24) is 4.98 Å². The van der Waals surface area contributed by atoms with Crippen LogP contribution in [-0.4, -0.2) is 27.8 Å². The van der Waals surface area contributed by atoms with Crippen molar-refractivity contribution in [2.75, 3.05) is 12.5 Å². The lowest BCUT2D eigenvalue weighted by molar-refractivity contribution is -0.385. The molecule has 0 spiro atoms. The molecule has 0 saturated heterocycles. The van der Waals surface area contributed by atoms with Gasteiger partial charge in [0.1, 0.15) is 5.75 Å². The van der Waals surface area contributed by atoms with E-state index in [1.54, 1.807) is 43.3 Å². The predicted octanol–water partition coefficient (Wildman–Crippen LogP) is 4.27.